The van der Waals surface area contributed by atoms with Gasteiger partial charge >= 0.3 is 0 Å². The minimum Gasteiger partial charge on any atom is -0.494 e. The summed E-state index contributed by atoms with van der Waals surface area (Å²) in [7, 11) is 1.44. The lowest BCUT2D eigenvalue weighted by Crippen LogP contribution is -2.07. The van der Waals surface area contributed by atoms with Crippen LogP contribution in [0.25, 0.3) is 11.4 Å². The van der Waals surface area contributed by atoms with E-state index < -0.39 is 5.82 Å². The van der Waals surface area contributed by atoms with Crippen molar-refractivity contribution in [2.75, 3.05) is 19.0 Å². The third kappa shape index (κ3) is 2.52. The molecule has 1 N–H and O–H groups in total. The van der Waals surface area contributed by atoms with Gasteiger partial charge in [0.25, 0.3) is 0 Å². The van der Waals surface area contributed by atoms with E-state index in [0.717, 1.165) is 6.54 Å². The highest BCUT2D eigenvalue weighted by atomic mass is 19.1. The third-order valence-electron chi connectivity index (χ3n) is 2.81. The number of hydrogen-bond donors (Lipinski definition) is 1. The normalized spacial score (nSPS) is 10.5. The lowest BCUT2D eigenvalue weighted by atomic mass is 10.2. The van der Waals surface area contributed by atoms with Crippen molar-refractivity contribution in [2.24, 2.45) is 0 Å². The van der Waals surface area contributed by atoms with Crippen LogP contribution in [0.1, 0.15) is 13.8 Å². The molecule has 0 saturated carbocycles. The summed E-state index contributed by atoms with van der Waals surface area (Å²) in [6, 6.07) is 4.77. The topological polar surface area (TPSA) is 52.0 Å². The van der Waals surface area contributed by atoms with Crippen molar-refractivity contribution in [3.63, 3.8) is 0 Å². The van der Waals surface area contributed by atoms with Gasteiger partial charge in [-0.3, -0.25) is 4.57 Å². The highest BCUT2D eigenvalue weighted by Gasteiger charge is 2.13. The van der Waals surface area contributed by atoms with Crippen molar-refractivity contribution in [3.8, 4) is 17.1 Å². The lowest BCUT2D eigenvalue weighted by Gasteiger charge is -2.09. The molecule has 1 aromatic carbocycles. The van der Waals surface area contributed by atoms with E-state index in [1.807, 2.05) is 18.4 Å². The molecule has 1 heterocycles. The molecule has 0 fully saturated rings. The van der Waals surface area contributed by atoms with Gasteiger partial charge in [-0.1, -0.05) is 0 Å². The van der Waals surface area contributed by atoms with E-state index in [1.165, 1.54) is 13.2 Å². The molecular weight excluding hydrogens is 247 g/mol. The molecule has 0 radical (unpaired) electrons. The van der Waals surface area contributed by atoms with Crippen molar-refractivity contribution < 1.29 is 9.13 Å². The molecule has 0 bridgehead atoms. The first-order valence-electron chi connectivity index (χ1n) is 6.22. The number of ether oxygens (including phenoxy) is 1. The Kier molecular flexibility index (Phi) is 3.99. The van der Waals surface area contributed by atoms with E-state index >= 15 is 0 Å². The molecule has 1 aromatic heterocycles. The van der Waals surface area contributed by atoms with Crippen molar-refractivity contribution in [1.29, 1.82) is 0 Å². The Labute approximate surface area is 111 Å². The Morgan fingerprint density at radius 3 is 2.68 bits per heavy atom. The summed E-state index contributed by atoms with van der Waals surface area (Å²) in [4.78, 5) is 0. The van der Waals surface area contributed by atoms with E-state index in [-0.39, 0.29) is 5.75 Å². The standard InChI is InChI=1S/C13H17FN4O/c1-4-15-13-17-16-12(18(13)5-2)9-6-7-11(19-3)10(14)8-9/h6-8H,4-5H2,1-3H3,(H,15,17). The number of halogens is 1. The third-order valence-corrected chi connectivity index (χ3v) is 2.81. The molecule has 0 spiro atoms. The Bertz CT molecular complexity index is 568. The van der Waals surface area contributed by atoms with Crippen molar-refractivity contribution in [2.45, 2.75) is 20.4 Å². The zero-order valence-corrected chi connectivity index (χ0v) is 11.3. The second kappa shape index (κ2) is 5.69. The van der Waals surface area contributed by atoms with E-state index in [2.05, 4.69) is 15.5 Å². The highest BCUT2D eigenvalue weighted by Crippen LogP contribution is 2.25. The molecule has 0 aliphatic carbocycles. The molecule has 2 aromatic rings. The number of benzene rings is 1. The molecule has 0 atom stereocenters. The highest BCUT2D eigenvalue weighted by molar-refractivity contribution is 5.59. The summed E-state index contributed by atoms with van der Waals surface area (Å²) in [6.07, 6.45) is 0. The van der Waals surface area contributed by atoms with Gasteiger partial charge in [-0.15, -0.1) is 10.2 Å². The fourth-order valence-corrected chi connectivity index (χ4v) is 1.91. The van der Waals surface area contributed by atoms with Gasteiger partial charge in [-0.2, -0.15) is 0 Å². The Balaban J connectivity index is 2.44. The largest absolute Gasteiger partial charge is 0.494 e. The SMILES string of the molecule is CCNc1nnc(-c2ccc(OC)c(F)c2)n1CC. The lowest BCUT2D eigenvalue weighted by molar-refractivity contribution is 0.386. The molecule has 19 heavy (non-hydrogen) atoms. The number of nitrogens with one attached hydrogen (secondary N) is 1. The second-order valence-electron chi connectivity index (χ2n) is 3.97. The quantitative estimate of drug-likeness (QED) is 0.901. The number of anilines is 1. The number of rotatable bonds is 5. The molecule has 102 valence electrons. The van der Waals surface area contributed by atoms with Crippen LogP contribution in [0.5, 0.6) is 5.75 Å². The fraction of sp³-hybridized carbons (Fsp3) is 0.385. The van der Waals surface area contributed by atoms with Gasteiger partial charge in [0.15, 0.2) is 17.4 Å². The average molecular weight is 264 g/mol. The smallest absolute Gasteiger partial charge is 0.224 e. The minimum absolute atomic E-state index is 0.221. The molecular formula is C13H17FN4O. The summed E-state index contributed by atoms with van der Waals surface area (Å²) in [5, 5.41) is 11.3. The molecule has 0 aliphatic heterocycles. The van der Waals surface area contributed by atoms with Crippen molar-refractivity contribution in [1.82, 2.24) is 14.8 Å². The van der Waals surface area contributed by atoms with Gasteiger partial charge < -0.3 is 10.1 Å². The molecule has 0 unspecified atom stereocenters. The first-order valence-corrected chi connectivity index (χ1v) is 6.22. The van der Waals surface area contributed by atoms with Crippen LogP contribution in [0, 0.1) is 5.82 Å². The van der Waals surface area contributed by atoms with Gasteiger partial charge in [0.1, 0.15) is 0 Å². The molecule has 5 nitrogen and oxygen atoms in total. The van der Waals surface area contributed by atoms with Crippen LogP contribution >= 0.6 is 0 Å². The number of aromatic nitrogens is 3. The van der Waals surface area contributed by atoms with Crippen LogP contribution in [0.3, 0.4) is 0 Å². The molecule has 0 aliphatic rings. The summed E-state index contributed by atoms with van der Waals surface area (Å²) < 4.78 is 20.5. The van der Waals surface area contributed by atoms with Gasteiger partial charge in [-0.05, 0) is 32.0 Å². The zero-order valence-electron chi connectivity index (χ0n) is 11.3. The van der Waals surface area contributed by atoms with E-state index in [0.29, 0.717) is 23.9 Å². The Hall–Kier alpha value is -2.11. The van der Waals surface area contributed by atoms with Crippen LogP contribution in [-0.2, 0) is 6.54 Å². The fourth-order valence-electron chi connectivity index (χ4n) is 1.91. The molecule has 6 heteroatoms. The van der Waals surface area contributed by atoms with Crippen LogP contribution in [0.2, 0.25) is 0 Å². The predicted octanol–water partition coefficient (Wildman–Crippen LogP) is 2.54. The van der Waals surface area contributed by atoms with Gasteiger partial charge in [0, 0.05) is 18.7 Å². The molecule has 2 rings (SSSR count). The number of nitrogens with zero attached hydrogens (tertiary/aromatic N) is 3. The van der Waals surface area contributed by atoms with Crippen molar-refractivity contribution >= 4 is 5.95 Å². The summed E-state index contributed by atoms with van der Waals surface area (Å²) >= 11 is 0. The summed E-state index contributed by atoms with van der Waals surface area (Å²) in [5.74, 6) is 1.14. The predicted molar refractivity (Wildman–Crippen MR) is 71.8 cm³/mol. The van der Waals surface area contributed by atoms with Crippen LogP contribution < -0.4 is 10.1 Å². The van der Waals surface area contributed by atoms with Gasteiger partial charge in [0.2, 0.25) is 5.95 Å². The average Bonchev–Trinajstić information content (AvgIpc) is 2.82. The van der Waals surface area contributed by atoms with E-state index in [1.54, 1.807) is 12.1 Å². The number of methoxy groups -OCH3 is 1. The van der Waals surface area contributed by atoms with Crippen LogP contribution in [-0.4, -0.2) is 28.4 Å². The van der Waals surface area contributed by atoms with Crippen LogP contribution in [0.15, 0.2) is 18.2 Å². The van der Waals surface area contributed by atoms with Crippen LogP contribution in [0.4, 0.5) is 10.3 Å². The van der Waals surface area contributed by atoms with E-state index in [9.17, 15) is 4.39 Å². The van der Waals surface area contributed by atoms with E-state index in [4.69, 9.17) is 4.74 Å². The maximum absolute atomic E-state index is 13.7. The Morgan fingerprint density at radius 2 is 2.11 bits per heavy atom. The maximum Gasteiger partial charge on any atom is 0.224 e. The minimum atomic E-state index is -0.407. The van der Waals surface area contributed by atoms with Gasteiger partial charge in [0.05, 0.1) is 7.11 Å². The monoisotopic (exact) mass is 264 g/mol. The first kappa shape index (κ1) is 13.3. The summed E-state index contributed by atoms with van der Waals surface area (Å²) in [5.41, 5.74) is 0.678. The maximum atomic E-state index is 13.7. The molecule has 0 saturated heterocycles. The van der Waals surface area contributed by atoms with Crippen molar-refractivity contribution in [3.05, 3.63) is 24.0 Å². The molecule has 0 amide bonds. The second-order valence-corrected chi connectivity index (χ2v) is 3.97. The first-order chi connectivity index (χ1) is 9.21. The number of hydrogen-bond acceptors (Lipinski definition) is 4. The summed E-state index contributed by atoms with van der Waals surface area (Å²) in [6.45, 7) is 5.45. The zero-order chi connectivity index (χ0) is 13.8. The Morgan fingerprint density at radius 1 is 1.32 bits per heavy atom. The van der Waals surface area contributed by atoms with Gasteiger partial charge in [-0.25, -0.2) is 4.39 Å².